The standard InChI is InChI=1S/C17H28N4S/c1-13-8-11-21(12-9-13)17(18)19-10-4-7-16-20-14-5-2-3-6-15(14)22-16/h13H,2-12H2,1H3,(H2,18,19). The summed E-state index contributed by atoms with van der Waals surface area (Å²) in [5, 5.41) is 1.30. The Morgan fingerprint density at radius 3 is 2.86 bits per heavy atom. The van der Waals surface area contributed by atoms with Gasteiger partial charge < -0.3 is 10.6 Å². The fraction of sp³-hybridized carbons (Fsp3) is 0.765. The van der Waals surface area contributed by atoms with Crippen molar-refractivity contribution in [3.05, 3.63) is 15.6 Å². The summed E-state index contributed by atoms with van der Waals surface area (Å²) in [5.41, 5.74) is 7.49. The molecular formula is C17H28N4S. The van der Waals surface area contributed by atoms with Gasteiger partial charge in [-0.3, -0.25) is 4.99 Å². The summed E-state index contributed by atoms with van der Waals surface area (Å²) in [4.78, 5) is 13.1. The van der Waals surface area contributed by atoms with Crippen molar-refractivity contribution in [1.82, 2.24) is 9.88 Å². The topological polar surface area (TPSA) is 54.5 Å². The molecule has 4 nitrogen and oxygen atoms in total. The predicted molar refractivity (Wildman–Crippen MR) is 93.5 cm³/mol. The summed E-state index contributed by atoms with van der Waals surface area (Å²) in [6.07, 6.45) is 9.65. The van der Waals surface area contributed by atoms with Crippen LogP contribution in [-0.4, -0.2) is 35.5 Å². The fourth-order valence-corrected chi connectivity index (χ4v) is 4.47. The zero-order chi connectivity index (χ0) is 15.4. The number of thiazole rings is 1. The Hall–Kier alpha value is -1.10. The molecule has 0 saturated carbocycles. The second-order valence-electron chi connectivity index (χ2n) is 6.70. The molecule has 1 aromatic heterocycles. The molecule has 2 heterocycles. The van der Waals surface area contributed by atoms with Gasteiger partial charge in [0.25, 0.3) is 0 Å². The Labute approximate surface area is 137 Å². The molecule has 1 aliphatic carbocycles. The van der Waals surface area contributed by atoms with Crippen LogP contribution in [-0.2, 0) is 19.3 Å². The van der Waals surface area contributed by atoms with Crippen molar-refractivity contribution in [2.24, 2.45) is 16.6 Å². The van der Waals surface area contributed by atoms with Gasteiger partial charge in [-0.25, -0.2) is 4.98 Å². The quantitative estimate of drug-likeness (QED) is 0.527. The third-order valence-electron chi connectivity index (χ3n) is 4.82. The van der Waals surface area contributed by atoms with Crippen LogP contribution in [0.2, 0.25) is 0 Å². The molecule has 22 heavy (non-hydrogen) atoms. The lowest BCUT2D eigenvalue weighted by atomic mass is 10.00. The van der Waals surface area contributed by atoms with Gasteiger partial charge in [-0.15, -0.1) is 11.3 Å². The summed E-state index contributed by atoms with van der Waals surface area (Å²) in [5.74, 6) is 1.57. The van der Waals surface area contributed by atoms with Crippen molar-refractivity contribution in [2.75, 3.05) is 19.6 Å². The van der Waals surface area contributed by atoms with Gasteiger partial charge in [-0.2, -0.15) is 0 Å². The number of fused-ring (bicyclic) bond motifs is 1. The first kappa shape index (κ1) is 15.8. The Morgan fingerprint density at radius 1 is 1.32 bits per heavy atom. The second-order valence-corrected chi connectivity index (χ2v) is 7.87. The molecule has 2 N–H and O–H groups in total. The molecule has 1 aromatic rings. The molecule has 0 unspecified atom stereocenters. The van der Waals surface area contributed by atoms with Crippen LogP contribution >= 0.6 is 11.3 Å². The van der Waals surface area contributed by atoms with E-state index in [-0.39, 0.29) is 0 Å². The maximum absolute atomic E-state index is 6.12. The summed E-state index contributed by atoms with van der Waals surface area (Å²) >= 11 is 1.92. The van der Waals surface area contributed by atoms with E-state index >= 15 is 0 Å². The number of aliphatic imine (C=N–C) groups is 1. The summed E-state index contributed by atoms with van der Waals surface area (Å²) in [6, 6.07) is 0. The molecule has 0 atom stereocenters. The largest absolute Gasteiger partial charge is 0.370 e. The van der Waals surface area contributed by atoms with Crippen LogP contribution in [0.3, 0.4) is 0 Å². The number of piperidine rings is 1. The highest BCUT2D eigenvalue weighted by atomic mass is 32.1. The Bertz CT molecular complexity index is 491. The van der Waals surface area contributed by atoms with Gasteiger partial charge in [0.1, 0.15) is 0 Å². The Balaban J connectivity index is 1.42. The van der Waals surface area contributed by atoms with Gasteiger partial charge in [0.2, 0.25) is 0 Å². The highest BCUT2D eigenvalue weighted by Crippen LogP contribution is 2.27. The Morgan fingerprint density at radius 2 is 2.09 bits per heavy atom. The van der Waals surface area contributed by atoms with E-state index in [1.54, 1.807) is 0 Å². The number of rotatable bonds is 4. The van der Waals surface area contributed by atoms with Crippen LogP contribution in [0.15, 0.2) is 4.99 Å². The molecule has 0 aromatic carbocycles. The van der Waals surface area contributed by atoms with Crippen LogP contribution in [0.4, 0.5) is 0 Å². The third kappa shape index (κ3) is 4.00. The molecule has 3 rings (SSSR count). The molecule has 2 aliphatic rings. The van der Waals surface area contributed by atoms with Crippen molar-refractivity contribution < 1.29 is 0 Å². The number of hydrogen-bond acceptors (Lipinski definition) is 3. The van der Waals surface area contributed by atoms with Crippen molar-refractivity contribution in [3.8, 4) is 0 Å². The molecular weight excluding hydrogens is 292 g/mol. The number of aromatic nitrogens is 1. The first-order valence-electron chi connectivity index (χ1n) is 8.74. The van der Waals surface area contributed by atoms with Gasteiger partial charge in [0.15, 0.2) is 5.96 Å². The minimum absolute atomic E-state index is 0.741. The first-order valence-corrected chi connectivity index (χ1v) is 9.56. The van der Waals surface area contributed by atoms with E-state index in [2.05, 4.69) is 16.8 Å². The molecule has 0 spiro atoms. The predicted octanol–water partition coefficient (Wildman–Crippen LogP) is 3.00. The number of aryl methyl sites for hydroxylation is 3. The molecule has 1 saturated heterocycles. The van der Waals surface area contributed by atoms with E-state index in [0.717, 1.165) is 44.4 Å². The van der Waals surface area contributed by atoms with Crippen molar-refractivity contribution in [3.63, 3.8) is 0 Å². The second kappa shape index (κ2) is 7.44. The van der Waals surface area contributed by atoms with Gasteiger partial charge >= 0.3 is 0 Å². The van der Waals surface area contributed by atoms with Crippen molar-refractivity contribution >= 4 is 17.3 Å². The van der Waals surface area contributed by atoms with Gasteiger partial charge in [0.05, 0.1) is 10.7 Å². The van der Waals surface area contributed by atoms with Gasteiger partial charge in [-0.05, 0) is 50.9 Å². The molecule has 5 heteroatoms. The van der Waals surface area contributed by atoms with Gasteiger partial charge in [0, 0.05) is 30.9 Å². The molecule has 1 aliphatic heterocycles. The molecule has 122 valence electrons. The lowest BCUT2D eigenvalue weighted by molar-refractivity contribution is 0.277. The average Bonchev–Trinajstić information content (AvgIpc) is 2.95. The Kier molecular flexibility index (Phi) is 5.34. The van der Waals surface area contributed by atoms with Crippen LogP contribution < -0.4 is 5.73 Å². The fourth-order valence-electron chi connectivity index (χ4n) is 3.27. The van der Waals surface area contributed by atoms with Crippen LogP contribution in [0.5, 0.6) is 0 Å². The minimum Gasteiger partial charge on any atom is -0.370 e. The van der Waals surface area contributed by atoms with Gasteiger partial charge in [-0.1, -0.05) is 6.92 Å². The normalized spacial score (nSPS) is 20.2. The lowest BCUT2D eigenvalue weighted by Crippen LogP contribution is -2.42. The number of nitrogens with zero attached hydrogens (tertiary/aromatic N) is 3. The molecule has 0 radical (unpaired) electrons. The summed E-state index contributed by atoms with van der Waals surface area (Å²) in [7, 11) is 0. The number of likely N-dealkylation sites (tertiary alicyclic amines) is 1. The third-order valence-corrected chi connectivity index (χ3v) is 6.04. The highest BCUT2D eigenvalue weighted by Gasteiger charge is 2.17. The minimum atomic E-state index is 0.741. The number of nitrogens with two attached hydrogens (primary N) is 1. The lowest BCUT2D eigenvalue weighted by Gasteiger charge is -2.31. The van der Waals surface area contributed by atoms with E-state index in [1.165, 1.54) is 54.1 Å². The molecule has 1 fully saturated rings. The first-order chi connectivity index (χ1) is 10.7. The zero-order valence-corrected chi connectivity index (χ0v) is 14.5. The van der Waals surface area contributed by atoms with Crippen LogP contribution in [0, 0.1) is 5.92 Å². The van der Waals surface area contributed by atoms with Crippen LogP contribution in [0.1, 0.15) is 54.6 Å². The average molecular weight is 321 g/mol. The van der Waals surface area contributed by atoms with E-state index in [9.17, 15) is 0 Å². The van der Waals surface area contributed by atoms with E-state index in [1.807, 2.05) is 11.3 Å². The molecule has 0 amide bonds. The summed E-state index contributed by atoms with van der Waals surface area (Å²) in [6.45, 7) is 5.27. The molecule has 0 bridgehead atoms. The monoisotopic (exact) mass is 320 g/mol. The number of hydrogen-bond donors (Lipinski definition) is 1. The van der Waals surface area contributed by atoms with Crippen LogP contribution in [0.25, 0.3) is 0 Å². The van der Waals surface area contributed by atoms with E-state index < -0.39 is 0 Å². The zero-order valence-electron chi connectivity index (χ0n) is 13.7. The van der Waals surface area contributed by atoms with E-state index in [0.29, 0.717) is 0 Å². The van der Waals surface area contributed by atoms with E-state index in [4.69, 9.17) is 10.7 Å². The maximum atomic E-state index is 6.12. The van der Waals surface area contributed by atoms with Crippen molar-refractivity contribution in [1.29, 1.82) is 0 Å². The maximum Gasteiger partial charge on any atom is 0.191 e. The highest BCUT2D eigenvalue weighted by molar-refractivity contribution is 7.11. The number of guanidine groups is 1. The SMILES string of the molecule is CC1CCN(C(N)=NCCCc2nc3c(s2)CCCC3)CC1. The summed E-state index contributed by atoms with van der Waals surface area (Å²) < 4.78 is 0. The smallest absolute Gasteiger partial charge is 0.191 e. The van der Waals surface area contributed by atoms with Crippen molar-refractivity contribution in [2.45, 2.75) is 58.3 Å².